The fourth-order valence-corrected chi connectivity index (χ4v) is 5.48. The van der Waals surface area contributed by atoms with Crippen LogP contribution in [0.3, 0.4) is 0 Å². The Hall–Kier alpha value is -4.82. The SMILES string of the molecule is COC(=O)c1cn(CCF)c2c(F)c(N3CCN(c4ccc(N5CC(CNC(C)=O)OC5=O)cc4F)CC3)c(F)cc2c1=O. The topological polar surface area (TPSA) is 113 Å². The molecule has 1 atom stereocenters. The number of alkyl halides is 1. The zero-order valence-corrected chi connectivity index (χ0v) is 23.9. The normalized spacial score (nSPS) is 16.8. The highest BCUT2D eigenvalue weighted by Crippen LogP contribution is 2.33. The lowest BCUT2D eigenvalue weighted by atomic mass is 10.1. The van der Waals surface area contributed by atoms with Gasteiger partial charge in [-0.2, -0.15) is 0 Å². The number of pyridine rings is 1. The number of carbonyl (C=O) groups is 3. The largest absolute Gasteiger partial charge is 0.465 e. The van der Waals surface area contributed by atoms with Crippen molar-refractivity contribution in [1.29, 1.82) is 0 Å². The average Bonchev–Trinajstić information content (AvgIpc) is 3.37. The molecule has 2 aliphatic heterocycles. The van der Waals surface area contributed by atoms with Crippen LogP contribution in [0.1, 0.15) is 17.3 Å². The van der Waals surface area contributed by atoms with Gasteiger partial charge in [-0.25, -0.2) is 27.2 Å². The van der Waals surface area contributed by atoms with Crippen LogP contribution >= 0.6 is 0 Å². The fraction of sp³-hybridized carbons (Fsp3) is 0.379. The van der Waals surface area contributed by atoms with E-state index in [0.717, 1.165) is 23.9 Å². The number of anilines is 3. The first-order valence-corrected chi connectivity index (χ1v) is 13.8. The minimum atomic E-state index is -1.08. The number of esters is 1. The molecule has 1 N–H and O–H groups in total. The van der Waals surface area contributed by atoms with Gasteiger partial charge in [-0.1, -0.05) is 0 Å². The molecule has 15 heteroatoms. The highest BCUT2D eigenvalue weighted by Gasteiger charge is 2.33. The molecule has 5 rings (SSSR count). The summed E-state index contributed by atoms with van der Waals surface area (Å²) in [5, 5.41) is 2.15. The molecule has 3 heterocycles. The standard InChI is InChI=1S/C29H29F4N5O6/c1-16(39)34-13-18-14-38(29(42)44-18)17-3-4-23(21(31)11-17)35-7-9-36(10-8-35)26-22(32)12-19-25(24(26)33)37(6-5-30)15-20(27(19)40)28(41)43-2/h3-4,11-12,15,18H,5-10,13-14H2,1-2H3,(H,34,39). The molecular formula is C29H29F4N5O6. The van der Waals surface area contributed by atoms with E-state index in [9.17, 15) is 23.6 Å². The third-order valence-electron chi connectivity index (χ3n) is 7.59. The van der Waals surface area contributed by atoms with Crippen LogP contribution < -0.4 is 25.4 Å². The van der Waals surface area contributed by atoms with Crippen molar-refractivity contribution in [2.75, 3.05) is 67.8 Å². The number of hydrogen-bond acceptors (Lipinski definition) is 8. The number of aromatic nitrogens is 1. The van der Waals surface area contributed by atoms with E-state index in [0.29, 0.717) is 0 Å². The first-order chi connectivity index (χ1) is 21.0. The number of rotatable bonds is 8. The molecule has 0 aliphatic carbocycles. The highest BCUT2D eigenvalue weighted by molar-refractivity contribution is 5.95. The molecule has 44 heavy (non-hydrogen) atoms. The molecule has 2 saturated heterocycles. The summed E-state index contributed by atoms with van der Waals surface area (Å²) in [7, 11) is 1.05. The second kappa shape index (κ2) is 12.4. The Morgan fingerprint density at radius 3 is 2.39 bits per heavy atom. The minimum absolute atomic E-state index is 0.0808. The number of nitrogens with zero attached hydrogens (tertiary/aromatic N) is 4. The Labute approximate surface area is 248 Å². The zero-order valence-electron chi connectivity index (χ0n) is 23.9. The molecule has 234 valence electrons. The molecule has 0 bridgehead atoms. The van der Waals surface area contributed by atoms with Crippen LogP contribution in [0.25, 0.3) is 10.9 Å². The van der Waals surface area contributed by atoms with Crippen molar-refractivity contribution >= 4 is 45.9 Å². The molecule has 2 aromatic carbocycles. The smallest absolute Gasteiger partial charge is 0.414 e. The van der Waals surface area contributed by atoms with Crippen molar-refractivity contribution in [2.24, 2.45) is 0 Å². The molecule has 11 nitrogen and oxygen atoms in total. The van der Waals surface area contributed by atoms with Crippen molar-refractivity contribution in [2.45, 2.75) is 19.6 Å². The number of hydrogen-bond donors (Lipinski definition) is 1. The van der Waals surface area contributed by atoms with Gasteiger partial charge in [0.05, 0.1) is 49.0 Å². The molecule has 0 saturated carbocycles. The lowest BCUT2D eigenvalue weighted by Gasteiger charge is -2.38. The van der Waals surface area contributed by atoms with Gasteiger partial charge in [-0.3, -0.25) is 14.5 Å². The number of halogens is 4. The summed E-state index contributed by atoms with van der Waals surface area (Å²) in [5.41, 5.74) is -1.70. The predicted octanol–water partition coefficient (Wildman–Crippen LogP) is 2.96. The second-order valence-corrected chi connectivity index (χ2v) is 10.3. The van der Waals surface area contributed by atoms with Gasteiger partial charge in [-0.05, 0) is 24.3 Å². The van der Waals surface area contributed by atoms with E-state index in [2.05, 4.69) is 10.1 Å². The number of carbonyl (C=O) groups excluding carboxylic acids is 3. The monoisotopic (exact) mass is 619 g/mol. The lowest BCUT2D eigenvalue weighted by molar-refractivity contribution is -0.119. The van der Waals surface area contributed by atoms with Gasteiger partial charge in [0.1, 0.15) is 35.7 Å². The molecule has 3 aromatic rings. The highest BCUT2D eigenvalue weighted by atomic mass is 19.1. The van der Waals surface area contributed by atoms with Gasteiger partial charge >= 0.3 is 12.1 Å². The Morgan fingerprint density at radius 2 is 1.75 bits per heavy atom. The van der Waals surface area contributed by atoms with Crippen molar-refractivity contribution in [1.82, 2.24) is 9.88 Å². The van der Waals surface area contributed by atoms with Crippen molar-refractivity contribution < 1.29 is 41.4 Å². The fourth-order valence-electron chi connectivity index (χ4n) is 5.48. The van der Waals surface area contributed by atoms with E-state index in [1.165, 1.54) is 28.9 Å². The van der Waals surface area contributed by atoms with Crippen LogP contribution in [-0.2, 0) is 20.8 Å². The number of methoxy groups -OCH3 is 1. The minimum Gasteiger partial charge on any atom is -0.465 e. The van der Waals surface area contributed by atoms with Gasteiger partial charge in [0.25, 0.3) is 0 Å². The van der Waals surface area contributed by atoms with Crippen LogP contribution in [0.4, 0.5) is 39.4 Å². The summed E-state index contributed by atoms with van der Waals surface area (Å²) in [5.74, 6) is -4.03. The summed E-state index contributed by atoms with van der Waals surface area (Å²) >= 11 is 0. The third-order valence-corrected chi connectivity index (χ3v) is 7.59. The Bertz CT molecular complexity index is 1690. The van der Waals surface area contributed by atoms with Crippen molar-refractivity contribution in [3.8, 4) is 0 Å². The van der Waals surface area contributed by atoms with E-state index in [1.54, 1.807) is 11.0 Å². The molecule has 2 fully saturated rings. The number of piperazine rings is 1. The molecule has 0 radical (unpaired) electrons. The number of nitrogens with one attached hydrogen (secondary N) is 1. The number of benzene rings is 2. The van der Waals surface area contributed by atoms with Gasteiger partial charge in [0.15, 0.2) is 5.82 Å². The zero-order chi connectivity index (χ0) is 31.7. The Morgan fingerprint density at radius 1 is 1.05 bits per heavy atom. The van der Waals surface area contributed by atoms with Crippen LogP contribution in [0, 0.1) is 17.5 Å². The Kier molecular flexibility index (Phi) is 8.65. The van der Waals surface area contributed by atoms with E-state index in [-0.39, 0.29) is 62.1 Å². The maximum absolute atomic E-state index is 15.9. The molecule has 0 spiro atoms. The lowest BCUT2D eigenvalue weighted by Crippen LogP contribution is -2.47. The van der Waals surface area contributed by atoms with E-state index >= 15 is 13.2 Å². The van der Waals surface area contributed by atoms with Gasteiger partial charge in [0, 0.05) is 39.3 Å². The number of aryl methyl sites for hydroxylation is 1. The third kappa shape index (κ3) is 5.73. The average molecular weight is 620 g/mol. The summed E-state index contributed by atoms with van der Waals surface area (Å²) in [4.78, 5) is 52.7. The second-order valence-electron chi connectivity index (χ2n) is 10.3. The number of fused-ring (bicyclic) bond motifs is 1. The van der Waals surface area contributed by atoms with Crippen molar-refractivity contribution in [3.05, 3.63) is 63.7 Å². The van der Waals surface area contributed by atoms with Gasteiger partial charge in [-0.15, -0.1) is 0 Å². The number of cyclic esters (lactones) is 1. The quantitative estimate of drug-likeness (QED) is 0.303. The molecule has 2 amide bonds. The predicted molar refractivity (Wildman–Crippen MR) is 153 cm³/mol. The van der Waals surface area contributed by atoms with Crippen molar-refractivity contribution in [3.63, 3.8) is 0 Å². The summed E-state index contributed by atoms with van der Waals surface area (Å²) in [6.07, 6.45) is -0.255. The van der Waals surface area contributed by atoms with E-state index in [4.69, 9.17) is 4.74 Å². The van der Waals surface area contributed by atoms with Crippen LogP contribution in [0.15, 0.2) is 35.3 Å². The van der Waals surface area contributed by atoms with E-state index < -0.39 is 70.9 Å². The summed E-state index contributed by atoms with van der Waals surface area (Å²) in [6.45, 7) is 0.780. The van der Waals surface area contributed by atoms with Crippen LogP contribution in [0.5, 0.6) is 0 Å². The summed E-state index contributed by atoms with van der Waals surface area (Å²) in [6, 6.07) is 5.08. The maximum atomic E-state index is 15.9. The molecule has 2 aliphatic rings. The first kappa shape index (κ1) is 30.6. The van der Waals surface area contributed by atoms with E-state index in [1.807, 2.05) is 0 Å². The number of amides is 2. The first-order valence-electron chi connectivity index (χ1n) is 13.8. The van der Waals surface area contributed by atoms with Gasteiger partial charge < -0.3 is 29.2 Å². The summed E-state index contributed by atoms with van der Waals surface area (Å²) < 4.78 is 70.7. The number of ether oxygens (including phenoxy) is 2. The van der Waals surface area contributed by atoms with Gasteiger partial charge in [0.2, 0.25) is 11.3 Å². The molecule has 1 unspecified atom stereocenters. The van der Waals surface area contributed by atoms with Crippen LogP contribution in [0.2, 0.25) is 0 Å². The molecule has 1 aromatic heterocycles. The van der Waals surface area contributed by atoms with Crippen LogP contribution in [-0.4, -0.2) is 81.7 Å². The molecular weight excluding hydrogens is 590 g/mol. The Balaban J connectivity index is 1.35. The maximum Gasteiger partial charge on any atom is 0.414 e.